The summed E-state index contributed by atoms with van der Waals surface area (Å²) in [6.07, 6.45) is 1.76. The van der Waals surface area contributed by atoms with Gasteiger partial charge in [0.1, 0.15) is 24.1 Å². The molecule has 0 bridgehead atoms. The number of carbonyl (C=O) groups excluding carboxylic acids is 2. The molecule has 4 aromatic rings. The fourth-order valence-electron chi connectivity index (χ4n) is 4.79. The van der Waals surface area contributed by atoms with Crippen molar-refractivity contribution < 1.29 is 23.1 Å². The molecule has 0 aliphatic carbocycles. The molecule has 1 aliphatic rings. The minimum Gasteiger partial charge on any atom is -0.457 e. The number of fused-ring (bicyclic) bond motifs is 1. The van der Waals surface area contributed by atoms with Gasteiger partial charge in [0.05, 0.1) is 11.6 Å². The predicted octanol–water partition coefficient (Wildman–Crippen LogP) is 6.66. The molecule has 1 aliphatic heterocycles. The van der Waals surface area contributed by atoms with Crippen LogP contribution in [0.15, 0.2) is 97.7 Å². The highest BCUT2D eigenvalue weighted by Crippen LogP contribution is 2.45. The number of aromatic nitrogens is 1. The minimum absolute atomic E-state index is 0.0915. The van der Waals surface area contributed by atoms with E-state index in [1.54, 1.807) is 18.2 Å². The van der Waals surface area contributed by atoms with Gasteiger partial charge in [0, 0.05) is 36.0 Å². The molecule has 1 atom stereocenters. The van der Waals surface area contributed by atoms with Gasteiger partial charge in [-0.15, -0.1) is 0 Å². The van der Waals surface area contributed by atoms with Crippen LogP contribution in [0.5, 0.6) is 0 Å². The molecule has 40 heavy (non-hydrogen) atoms. The molecule has 1 aromatic heterocycles. The summed E-state index contributed by atoms with van der Waals surface area (Å²) in [7, 11) is 0. The molecule has 5 rings (SSSR count). The summed E-state index contributed by atoms with van der Waals surface area (Å²) in [6.45, 7) is 4.70. The molecule has 0 radical (unpaired) electrons. The Morgan fingerprint density at radius 2 is 1.70 bits per heavy atom. The van der Waals surface area contributed by atoms with Gasteiger partial charge in [-0.1, -0.05) is 61.2 Å². The van der Waals surface area contributed by atoms with Crippen molar-refractivity contribution in [3.05, 3.63) is 137 Å². The van der Waals surface area contributed by atoms with Crippen LogP contribution >= 0.6 is 0 Å². The second kappa shape index (κ2) is 11.9. The van der Waals surface area contributed by atoms with Gasteiger partial charge >= 0.3 is 5.97 Å². The standard InChI is InChI=1S/C32H27F2N3O3/c1-21-26-8-5-9-27(34)31(26)28(37(21)19-22-10-13-25(33)14-11-22)15-17-30(38)36-29-16-12-24(18-35-29)32(39)40-20-23-6-3-2-4-7-23/h2-14,16,18,28H,1,15,17,19-20H2,(H,35,36,38). The second-order valence-electron chi connectivity index (χ2n) is 9.50. The first-order valence-electron chi connectivity index (χ1n) is 12.8. The van der Waals surface area contributed by atoms with Crippen molar-refractivity contribution in [1.29, 1.82) is 0 Å². The number of anilines is 1. The number of hydrogen-bond donors (Lipinski definition) is 1. The fourth-order valence-corrected chi connectivity index (χ4v) is 4.79. The summed E-state index contributed by atoms with van der Waals surface area (Å²) in [6, 6.07) is 22.9. The van der Waals surface area contributed by atoms with Gasteiger partial charge in [-0.05, 0) is 47.9 Å². The number of ether oxygens (including phenoxy) is 1. The molecule has 2 heterocycles. The summed E-state index contributed by atoms with van der Waals surface area (Å²) in [5.74, 6) is -1.23. The first kappa shape index (κ1) is 26.7. The maximum absolute atomic E-state index is 14.9. The number of amides is 1. The molecule has 1 N–H and O–H groups in total. The lowest BCUT2D eigenvalue weighted by Gasteiger charge is -2.28. The summed E-state index contributed by atoms with van der Waals surface area (Å²) >= 11 is 0. The highest BCUT2D eigenvalue weighted by atomic mass is 19.1. The van der Waals surface area contributed by atoms with E-state index in [4.69, 9.17) is 4.74 Å². The number of esters is 1. The van der Waals surface area contributed by atoms with Crippen LogP contribution in [-0.4, -0.2) is 21.8 Å². The molecular weight excluding hydrogens is 512 g/mol. The predicted molar refractivity (Wildman–Crippen MR) is 148 cm³/mol. The number of hydrogen-bond acceptors (Lipinski definition) is 5. The average Bonchev–Trinajstić information content (AvgIpc) is 3.24. The van der Waals surface area contributed by atoms with Gasteiger partial charge in [-0.25, -0.2) is 18.6 Å². The first-order chi connectivity index (χ1) is 19.4. The van der Waals surface area contributed by atoms with Crippen molar-refractivity contribution in [3.63, 3.8) is 0 Å². The molecule has 8 heteroatoms. The van der Waals surface area contributed by atoms with Crippen LogP contribution in [0, 0.1) is 11.6 Å². The molecule has 0 spiro atoms. The van der Waals surface area contributed by atoms with E-state index in [9.17, 15) is 18.4 Å². The van der Waals surface area contributed by atoms with Crippen molar-refractivity contribution >= 4 is 23.4 Å². The lowest BCUT2D eigenvalue weighted by molar-refractivity contribution is -0.116. The largest absolute Gasteiger partial charge is 0.457 e. The van der Waals surface area contributed by atoms with E-state index in [2.05, 4.69) is 16.9 Å². The van der Waals surface area contributed by atoms with Gasteiger partial charge in [-0.3, -0.25) is 4.79 Å². The van der Waals surface area contributed by atoms with E-state index in [1.807, 2.05) is 41.3 Å². The zero-order chi connectivity index (χ0) is 28.1. The molecule has 1 amide bonds. The van der Waals surface area contributed by atoms with E-state index in [0.29, 0.717) is 29.8 Å². The van der Waals surface area contributed by atoms with Crippen molar-refractivity contribution in [2.45, 2.75) is 32.0 Å². The van der Waals surface area contributed by atoms with Crippen molar-refractivity contribution in [2.75, 3.05) is 5.32 Å². The summed E-state index contributed by atoms with van der Waals surface area (Å²) < 4.78 is 33.7. The van der Waals surface area contributed by atoms with Crippen LogP contribution in [-0.2, 0) is 22.7 Å². The number of pyridine rings is 1. The number of benzene rings is 3. The SMILES string of the molecule is C=C1c2cccc(F)c2C(CCC(=O)Nc2ccc(C(=O)OCc3ccccc3)cn2)N1Cc1ccc(F)cc1. The molecule has 6 nitrogen and oxygen atoms in total. The van der Waals surface area contributed by atoms with E-state index in [0.717, 1.165) is 11.1 Å². The number of carbonyl (C=O) groups is 2. The third-order valence-corrected chi connectivity index (χ3v) is 6.81. The monoisotopic (exact) mass is 539 g/mol. The third-order valence-electron chi connectivity index (χ3n) is 6.81. The van der Waals surface area contributed by atoms with Crippen molar-refractivity contribution in [1.82, 2.24) is 9.88 Å². The van der Waals surface area contributed by atoms with E-state index in [-0.39, 0.29) is 42.0 Å². The van der Waals surface area contributed by atoms with Gasteiger partial charge in [0.15, 0.2) is 0 Å². The lowest BCUT2D eigenvalue weighted by atomic mass is 9.99. The Balaban J connectivity index is 1.21. The number of rotatable bonds is 9. The maximum atomic E-state index is 14.9. The topological polar surface area (TPSA) is 71.5 Å². The van der Waals surface area contributed by atoms with E-state index < -0.39 is 12.0 Å². The quantitative estimate of drug-likeness (QED) is 0.241. The zero-order valence-electron chi connectivity index (χ0n) is 21.6. The summed E-state index contributed by atoms with van der Waals surface area (Å²) in [5, 5.41) is 2.73. The molecular formula is C32H27F2N3O3. The van der Waals surface area contributed by atoms with Gasteiger partial charge < -0.3 is 15.0 Å². The van der Waals surface area contributed by atoms with Gasteiger partial charge in [0.2, 0.25) is 5.91 Å². The fraction of sp³-hybridized carbons (Fsp3) is 0.156. The normalized spacial score (nSPS) is 14.1. The summed E-state index contributed by atoms with van der Waals surface area (Å²) in [5.41, 5.74) is 3.83. The number of nitrogens with one attached hydrogen (secondary N) is 1. The highest BCUT2D eigenvalue weighted by molar-refractivity contribution is 5.91. The number of nitrogens with zero attached hydrogens (tertiary/aromatic N) is 2. The lowest BCUT2D eigenvalue weighted by Crippen LogP contribution is -2.23. The van der Waals surface area contributed by atoms with Crippen LogP contribution in [0.4, 0.5) is 14.6 Å². The van der Waals surface area contributed by atoms with Crippen LogP contribution in [0.3, 0.4) is 0 Å². The van der Waals surface area contributed by atoms with Gasteiger partial charge in [-0.2, -0.15) is 0 Å². The Bertz CT molecular complexity index is 1520. The molecule has 202 valence electrons. The van der Waals surface area contributed by atoms with Crippen LogP contribution in [0.1, 0.15) is 51.5 Å². The summed E-state index contributed by atoms with van der Waals surface area (Å²) in [4.78, 5) is 31.2. The molecule has 3 aromatic carbocycles. The average molecular weight is 540 g/mol. The Kier molecular flexibility index (Phi) is 7.96. The first-order valence-corrected chi connectivity index (χ1v) is 12.8. The van der Waals surface area contributed by atoms with Crippen LogP contribution in [0.2, 0.25) is 0 Å². The van der Waals surface area contributed by atoms with E-state index in [1.165, 1.54) is 36.5 Å². The van der Waals surface area contributed by atoms with Crippen molar-refractivity contribution in [3.8, 4) is 0 Å². The minimum atomic E-state index is -0.516. The maximum Gasteiger partial charge on any atom is 0.340 e. The number of halogens is 2. The Labute approximate surface area is 230 Å². The second-order valence-corrected chi connectivity index (χ2v) is 9.50. The molecule has 0 fully saturated rings. The Hall–Kier alpha value is -4.85. The van der Waals surface area contributed by atoms with Crippen molar-refractivity contribution in [2.24, 2.45) is 0 Å². The Morgan fingerprint density at radius 1 is 0.925 bits per heavy atom. The Morgan fingerprint density at radius 3 is 2.42 bits per heavy atom. The van der Waals surface area contributed by atoms with Crippen LogP contribution in [0.25, 0.3) is 5.70 Å². The van der Waals surface area contributed by atoms with Crippen LogP contribution < -0.4 is 5.32 Å². The smallest absolute Gasteiger partial charge is 0.340 e. The van der Waals surface area contributed by atoms with E-state index >= 15 is 0 Å². The zero-order valence-corrected chi connectivity index (χ0v) is 21.6. The highest BCUT2D eigenvalue weighted by Gasteiger charge is 2.35. The molecule has 0 saturated heterocycles. The molecule has 1 unspecified atom stereocenters. The van der Waals surface area contributed by atoms with Gasteiger partial charge in [0.25, 0.3) is 0 Å². The molecule has 0 saturated carbocycles. The third kappa shape index (κ3) is 6.07.